The molecule has 0 spiro atoms. The summed E-state index contributed by atoms with van der Waals surface area (Å²) in [4.78, 5) is 36.5. The molecule has 7 nitrogen and oxygen atoms in total. The Balaban J connectivity index is 1.36. The van der Waals surface area contributed by atoms with Crippen molar-refractivity contribution >= 4 is 18.0 Å². The van der Waals surface area contributed by atoms with Gasteiger partial charge in [0.2, 0.25) is 5.91 Å². The van der Waals surface area contributed by atoms with Gasteiger partial charge in [0.05, 0.1) is 6.42 Å². The number of alkyl carbamates (subject to hydrolysis) is 1. The summed E-state index contributed by atoms with van der Waals surface area (Å²) in [6, 6.07) is 16.0. The van der Waals surface area contributed by atoms with Crippen LogP contribution >= 0.6 is 0 Å². The lowest BCUT2D eigenvalue weighted by molar-refractivity contribution is -0.138. The van der Waals surface area contributed by atoms with Gasteiger partial charge in [-0.25, -0.2) is 4.79 Å². The van der Waals surface area contributed by atoms with E-state index in [9.17, 15) is 14.4 Å². The van der Waals surface area contributed by atoms with Crippen LogP contribution in [-0.4, -0.2) is 41.3 Å². The average Bonchev–Trinajstić information content (AvgIpc) is 3.33. The first-order valence-corrected chi connectivity index (χ1v) is 11.4. The van der Waals surface area contributed by atoms with Crippen LogP contribution in [0.3, 0.4) is 0 Å². The molecule has 0 radical (unpaired) electrons. The van der Waals surface area contributed by atoms with Gasteiger partial charge in [-0.1, -0.05) is 55.0 Å². The topological polar surface area (TPSA) is 105 Å². The third-order valence-electron chi connectivity index (χ3n) is 6.74. The third kappa shape index (κ3) is 4.87. The molecule has 0 bridgehead atoms. The highest BCUT2D eigenvalue weighted by Crippen LogP contribution is 2.44. The first kappa shape index (κ1) is 22.8. The van der Waals surface area contributed by atoms with Crippen molar-refractivity contribution in [2.24, 2.45) is 5.92 Å². The molecule has 2 amide bonds. The van der Waals surface area contributed by atoms with Gasteiger partial charge in [-0.15, -0.1) is 0 Å². The monoisotopic (exact) mass is 450 g/mol. The van der Waals surface area contributed by atoms with Gasteiger partial charge in [0.25, 0.3) is 0 Å². The number of carbonyl (C=O) groups is 3. The average molecular weight is 451 g/mol. The standard InChI is InChI=1S/C26H30N2O5/c1-26(2,24(31)27-22-13-7-8-16(22)14-23(29)30)28-25(32)33-15-21-19-11-5-3-9-17(19)18-10-4-6-12-20(18)21/h3-6,9-12,16,21-22H,7-8,13-15H2,1-2H3,(H,27,31)(H,28,32)(H,29,30). The molecular weight excluding hydrogens is 420 g/mol. The summed E-state index contributed by atoms with van der Waals surface area (Å²) in [6.07, 6.45) is 1.77. The third-order valence-corrected chi connectivity index (χ3v) is 6.74. The Morgan fingerprint density at radius 1 is 1.00 bits per heavy atom. The van der Waals surface area contributed by atoms with E-state index in [0.29, 0.717) is 0 Å². The van der Waals surface area contributed by atoms with Crippen molar-refractivity contribution in [2.45, 2.75) is 57.0 Å². The maximum absolute atomic E-state index is 12.8. The number of benzene rings is 2. The van der Waals surface area contributed by atoms with Crippen molar-refractivity contribution in [3.05, 3.63) is 59.7 Å². The minimum Gasteiger partial charge on any atom is -0.481 e. The van der Waals surface area contributed by atoms with Gasteiger partial charge < -0.3 is 20.5 Å². The van der Waals surface area contributed by atoms with E-state index in [2.05, 4.69) is 22.8 Å². The van der Waals surface area contributed by atoms with Crippen molar-refractivity contribution in [3.63, 3.8) is 0 Å². The van der Waals surface area contributed by atoms with Gasteiger partial charge in [-0.3, -0.25) is 9.59 Å². The van der Waals surface area contributed by atoms with Gasteiger partial charge in [-0.2, -0.15) is 0 Å². The minimum absolute atomic E-state index is 0.0329. The summed E-state index contributed by atoms with van der Waals surface area (Å²) in [7, 11) is 0. The fraction of sp³-hybridized carbons (Fsp3) is 0.423. The number of aliphatic carboxylic acids is 1. The van der Waals surface area contributed by atoms with Crippen LogP contribution in [-0.2, 0) is 14.3 Å². The highest BCUT2D eigenvalue weighted by Gasteiger charge is 2.36. The molecule has 1 saturated carbocycles. The number of amides is 2. The fourth-order valence-corrected chi connectivity index (χ4v) is 4.99. The Morgan fingerprint density at radius 2 is 1.61 bits per heavy atom. The molecule has 7 heteroatoms. The first-order chi connectivity index (χ1) is 15.8. The lowest BCUT2D eigenvalue weighted by Gasteiger charge is -2.28. The van der Waals surface area contributed by atoms with Crippen molar-refractivity contribution in [2.75, 3.05) is 6.61 Å². The predicted molar refractivity (Wildman–Crippen MR) is 124 cm³/mol. The Morgan fingerprint density at radius 3 is 2.21 bits per heavy atom. The van der Waals surface area contributed by atoms with E-state index in [-0.39, 0.29) is 36.8 Å². The van der Waals surface area contributed by atoms with E-state index >= 15 is 0 Å². The van der Waals surface area contributed by atoms with Crippen LogP contribution in [0.1, 0.15) is 56.6 Å². The lowest BCUT2D eigenvalue weighted by atomic mass is 9.97. The Labute approximate surface area is 193 Å². The molecule has 2 aromatic rings. The van der Waals surface area contributed by atoms with Gasteiger partial charge in [-0.05, 0) is 54.9 Å². The van der Waals surface area contributed by atoms with E-state index in [0.717, 1.165) is 41.5 Å². The molecule has 2 aromatic carbocycles. The van der Waals surface area contributed by atoms with Crippen LogP contribution in [0, 0.1) is 5.92 Å². The van der Waals surface area contributed by atoms with E-state index in [1.165, 1.54) is 0 Å². The molecule has 0 heterocycles. The van der Waals surface area contributed by atoms with Gasteiger partial charge in [0, 0.05) is 12.0 Å². The summed E-state index contributed by atoms with van der Waals surface area (Å²) in [6.45, 7) is 3.40. The van der Waals surface area contributed by atoms with E-state index < -0.39 is 17.6 Å². The summed E-state index contributed by atoms with van der Waals surface area (Å²) in [5.41, 5.74) is 3.34. The Bertz CT molecular complexity index is 1020. The highest BCUT2D eigenvalue weighted by atomic mass is 16.5. The zero-order valence-corrected chi connectivity index (χ0v) is 19.0. The van der Waals surface area contributed by atoms with Crippen LogP contribution in [0.2, 0.25) is 0 Å². The Hall–Kier alpha value is -3.35. The number of ether oxygens (including phenoxy) is 1. The normalized spacial score (nSPS) is 19.5. The lowest BCUT2D eigenvalue weighted by Crippen LogP contribution is -2.57. The number of carboxylic acids is 1. The summed E-state index contributed by atoms with van der Waals surface area (Å²) in [5, 5.41) is 14.7. The van der Waals surface area contributed by atoms with Crippen LogP contribution in [0.25, 0.3) is 11.1 Å². The zero-order chi connectivity index (χ0) is 23.6. The fourth-order valence-electron chi connectivity index (χ4n) is 4.99. The highest BCUT2D eigenvalue weighted by molar-refractivity contribution is 5.89. The van der Waals surface area contributed by atoms with Crippen LogP contribution in [0.4, 0.5) is 4.79 Å². The molecule has 2 unspecified atom stereocenters. The zero-order valence-electron chi connectivity index (χ0n) is 19.0. The number of carboxylic acid groups (broad SMARTS) is 1. The van der Waals surface area contributed by atoms with Crippen LogP contribution in [0.5, 0.6) is 0 Å². The molecule has 0 saturated heterocycles. The SMILES string of the molecule is CC(C)(NC(=O)OCC1c2ccccc2-c2ccccc21)C(=O)NC1CCCC1CC(=O)O. The largest absolute Gasteiger partial charge is 0.481 e. The minimum atomic E-state index is -1.20. The number of hydrogen-bond donors (Lipinski definition) is 3. The maximum atomic E-state index is 12.8. The van der Waals surface area contributed by atoms with E-state index in [1.807, 2.05) is 36.4 Å². The predicted octanol–water partition coefficient (Wildman–Crippen LogP) is 4.06. The molecule has 33 heavy (non-hydrogen) atoms. The van der Waals surface area contributed by atoms with E-state index in [1.54, 1.807) is 13.8 Å². The smallest absolute Gasteiger partial charge is 0.408 e. The van der Waals surface area contributed by atoms with Crippen molar-refractivity contribution in [1.82, 2.24) is 10.6 Å². The van der Waals surface area contributed by atoms with Crippen molar-refractivity contribution in [1.29, 1.82) is 0 Å². The van der Waals surface area contributed by atoms with Crippen molar-refractivity contribution < 1.29 is 24.2 Å². The van der Waals surface area contributed by atoms with Crippen LogP contribution < -0.4 is 10.6 Å². The number of hydrogen-bond acceptors (Lipinski definition) is 4. The summed E-state index contributed by atoms with van der Waals surface area (Å²) < 4.78 is 5.56. The van der Waals surface area contributed by atoms with Gasteiger partial charge >= 0.3 is 12.1 Å². The van der Waals surface area contributed by atoms with Gasteiger partial charge in [0.1, 0.15) is 12.1 Å². The second-order valence-electron chi connectivity index (χ2n) is 9.44. The molecule has 174 valence electrons. The second-order valence-corrected chi connectivity index (χ2v) is 9.44. The summed E-state index contributed by atoms with van der Waals surface area (Å²) in [5.74, 6) is -1.36. The van der Waals surface area contributed by atoms with Crippen LogP contribution in [0.15, 0.2) is 48.5 Å². The van der Waals surface area contributed by atoms with Crippen molar-refractivity contribution in [3.8, 4) is 11.1 Å². The molecule has 4 rings (SSSR count). The number of rotatable bonds is 7. The molecule has 2 aliphatic carbocycles. The quantitative estimate of drug-likeness (QED) is 0.590. The molecule has 0 aliphatic heterocycles. The molecule has 2 aliphatic rings. The second kappa shape index (κ2) is 9.25. The van der Waals surface area contributed by atoms with E-state index in [4.69, 9.17) is 9.84 Å². The van der Waals surface area contributed by atoms with Gasteiger partial charge in [0.15, 0.2) is 0 Å². The summed E-state index contributed by atoms with van der Waals surface area (Å²) >= 11 is 0. The number of carbonyl (C=O) groups excluding carboxylic acids is 2. The number of nitrogens with one attached hydrogen (secondary N) is 2. The maximum Gasteiger partial charge on any atom is 0.408 e. The number of fused-ring (bicyclic) bond motifs is 3. The molecule has 3 N–H and O–H groups in total. The molecule has 0 aromatic heterocycles. The molecule has 2 atom stereocenters. The molecule has 1 fully saturated rings. The Kier molecular flexibility index (Phi) is 6.40. The first-order valence-electron chi connectivity index (χ1n) is 11.4. The molecular formula is C26H30N2O5.